The smallest absolute Gasteiger partial charge is 0.422 e. The first-order chi connectivity index (χ1) is 9.94. The van der Waals surface area contributed by atoms with E-state index < -0.39 is 11.7 Å². The molecule has 0 saturated heterocycles. The van der Waals surface area contributed by atoms with E-state index in [9.17, 15) is 4.79 Å². The van der Waals surface area contributed by atoms with Crippen molar-refractivity contribution in [2.75, 3.05) is 0 Å². The van der Waals surface area contributed by atoms with Gasteiger partial charge in [0.15, 0.2) is 0 Å². The van der Waals surface area contributed by atoms with Gasteiger partial charge in [-0.05, 0) is 44.5 Å². The topological polar surface area (TPSA) is 68.2 Å². The van der Waals surface area contributed by atoms with Crippen molar-refractivity contribution in [1.82, 2.24) is 20.6 Å². The van der Waals surface area contributed by atoms with Crippen LogP contribution in [0, 0.1) is 0 Å². The molecule has 1 aromatic carbocycles. The van der Waals surface area contributed by atoms with E-state index in [4.69, 9.17) is 4.74 Å². The Morgan fingerprint density at radius 1 is 1.29 bits per heavy atom. The first-order valence-electron chi connectivity index (χ1n) is 6.75. The van der Waals surface area contributed by atoms with E-state index in [0.29, 0.717) is 6.54 Å². The van der Waals surface area contributed by atoms with Crippen molar-refractivity contribution in [2.24, 2.45) is 0 Å². The fourth-order valence-electron chi connectivity index (χ4n) is 1.71. The molecule has 0 atom stereocenters. The van der Waals surface area contributed by atoms with Gasteiger partial charge in [0.2, 0.25) is 0 Å². The molecule has 1 heterocycles. The van der Waals surface area contributed by atoms with E-state index in [-0.39, 0.29) is 0 Å². The van der Waals surface area contributed by atoms with E-state index >= 15 is 0 Å². The molecule has 6 heteroatoms. The summed E-state index contributed by atoms with van der Waals surface area (Å²) < 4.78 is 6.91. The van der Waals surface area contributed by atoms with Crippen molar-refractivity contribution in [3.8, 4) is 5.69 Å². The molecule has 0 bridgehead atoms. The summed E-state index contributed by atoms with van der Waals surface area (Å²) in [5.74, 6) is 0. The number of aromatic nitrogens is 2. The third kappa shape index (κ3) is 4.92. The Balaban J connectivity index is 1.80. The molecule has 2 N–H and O–H groups in total. The second kappa shape index (κ2) is 6.41. The summed E-state index contributed by atoms with van der Waals surface area (Å²) >= 11 is 0. The lowest BCUT2D eigenvalue weighted by atomic mass is 10.2. The van der Waals surface area contributed by atoms with E-state index in [2.05, 4.69) is 16.0 Å². The number of carbonyl (C=O) groups excluding carboxylic acids is 1. The van der Waals surface area contributed by atoms with Gasteiger partial charge in [0.25, 0.3) is 0 Å². The van der Waals surface area contributed by atoms with Crippen LogP contribution in [-0.4, -0.2) is 21.5 Å². The lowest BCUT2D eigenvalue weighted by Crippen LogP contribution is -2.40. The van der Waals surface area contributed by atoms with Crippen LogP contribution >= 0.6 is 0 Å². The summed E-state index contributed by atoms with van der Waals surface area (Å²) in [7, 11) is 0. The quantitative estimate of drug-likeness (QED) is 0.848. The summed E-state index contributed by atoms with van der Waals surface area (Å²) in [4.78, 5) is 11.5. The molecule has 2 aromatic rings. The Bertz CT molecular complexity index is 571. The number of hydrogen-bond donors (Lipinski definition) is 2. The monoisotopic (exact) mass is 288 g/mol. The van der Waals surface area contributed by atoms with Crippen molar-refractivity contribution >= 4 is 6.09 Å². The Morgan fingerprint density at radius 2 is 2.00 bits per heavy atom. The molecule has 0 aliphatic rings. The second-order valence-corrected chi connectivity index (χ2v) is 5.60. The third-order valence-electron chi connectivity index (χ3n) is 2.59. The predicted molar refractivity (Wildman–Crippen MR) is 79.8 cm³/mol. The van der Waals surface area contributed by atoms with E-state index in [1.54, 1.807) is 10.9 Å². The standard InChI is InChI=1S/C15H20N4O2/c1-15(2,3)21-14(20)18-16-11-12-5-7-13(8-6-12)19-10-4-9-17-19/h4-10,16H,11H2,1-3H3,(H,18,20). The van der Waals surface area contributed by atoms with Crippen molar-refractivity contribution in [1.29, 1.82) is 0 Å². The number of hydrazine groups is 1. The highest BCUT2D eigenvalue weighted by atomic mass is 16.6. The highest BCUT2D eigenvalue weighted by Gasteiger charge is 2.15. The van der Waals surface area contributed by atoms with Crippen LogP contribution in [-0.2, 0) is 11.3 Å². The van der Waals surface area contributed by atoms with E-state index in [1.807, 2.05) is 57.3 Å². The number of benzene rings is 1. The molecule has 0 radical (unpaired) electrons. The Hall–Kier alpha value is -2.34. The van der Waals surface area contributed by atoms with Crippen molar-refractivity contribution in [2.45, 2.75) is 32.9 Å². The van der Waals surface area contributed by atoms with Gasteiger partial charge >= 0.3 is 6.09 Å². The zero-order valence-corrected chi connectivity index (χ0v) is 12.5. The van der Waals surface area contributed by atoms with Gasteiger partial charge in [-0.2, -0.15) is 5.10 Å². The summed E-state index contributed by atoms with van der Waals surface area (Å²) in [6, 6.07) is 9.76. The third-order valence-corrected chi connectivity index (χ3v) is 2.59. The molecule has 1 amide bonds. The van der Waals surface area contributed by atoms with Gasteiger partial charge in [-0.15, -0.1) is 0 Å². The van der Waals surface area contributed by atoms with Gasteiger partial charge in [-0.25, -0.2) is 14.9 Å². The van der Waals surface area contributed by atoms with Gasteiger partial charge < -0.3 is 4.74 Å². The first-order valence-corrected chi connectivity index (χ1v) is 6.75. The van der Waals surface area contributed by atoms with Crippen LogP contribution in [0.25, 0.3) is 5.69 Å². The van der Waals surface area contributed by atoms with Crippen LogP contribution in [0.15, 0.2) is 42.7 Å². The van der Waals surface area contributed by atoms with Gasteiger partial charge in [-0.3, -0.25) is 5.43 Å². The number of amides is 1. The van der Waals surface area contributed by atoms with Gasteiger partial charge in [0.1, 0.15) is 5.60 Å². The van der Waals surface area contributed by atoms with Gasteiger partial charge in [0, 0.05) is 18.9 Å². The van der Waals surface area contributed by atoms with Crippen LogP contribution in [0.2, 0.25) is 0 Å². The fourth-order valence-corrected chi connectivity index (χ4v) is 1.71. The maximum absolute atomic E-state index is 11.5. The van der Waals surface area contributed by atoms with Gasteiger partial charge in [-0.1, -0.05) is 12.1 Å². The highest BCUT2D eigenvalue weighted by molar-refractivity contribution is 5.66. The van der Waals surface area contributed by atoms with Crippen LogP contribution in [0.5, 0.6) is 0 Å². The van der Waals surface area contributed by atoms with Crippen molar-refractivity contribution < 1.29 is 9.53 Å². The van der Waals surface area contributed by atoms with Crippen LogP contribution < -0.4 is 10.9 Å². The lowest BCUT2D eigenvalue weighted by Gasteiger charge is -2.19. The van der Waals surface area contributed by atoms with Crippen molar-refractivity contribution in [3.05, 3.63) is 48.3 Å². The van der Waals surface area contributed by atoms with Crippen molar-refractivity contribution in [3.63, 3.8) is 0 Å². The average molecular weight is 288 g/mol. The molecule has 6 nitrogen and oxygen atoms in total. The highest BCUT2D eigenvalue weighted by Crippen LogP contribution is 2.08. The number of hydrogen-bond acceptors (Lipinski definition) is 4. The summed E-state index contributed by atoms with van der Waals surface area (Å²) in [5.41, 5.74) is 6.86. The zero-order chi connectivity index (χ0) is 15.3. The molecule has 0 fully saturated rings. The Kier molecular flexibility index (Phi) is 4.59. The molecule has 1 aromatic heterocycles. The van der Waals surface area contributed by atoms with E-state index in [1.165, 1.54) is 0 Å². The number of nitrogens with zero attached hydrogens (tertiary/aromatic N) is 2. The Morgan fingerprint density at radius 3 is 2.57 bits per heavy atom. The molecule has 112 valence electrons. The zero-order valence-electron chi connectivity index (χ0n) is 12.5. The second-order valence-electron chi connectivity index (χ2n) is 5.60. The largest absolute Gasteiger partial charge is 0.443 e. The number of rotatable bonds is 4. The summed E-state index contributed by atoms with van der Waals surface area (Å²) in [5, 5.41) is 4.16. The normalized spacial score (nSPS) is 11.2. The van der Waals surface area contributed by atoms with E-state index in [0.717, 1.165) is 11.3 Å². The molecule has 0 spiro atoms. The maximum atomic E-state index is 11.5. The molecule has 0 aliphatic heterocycles. The molecule has 2 rings (SSSR count). The molecular weight excluding hydrogens is 268 g/mol. The fraction of sp³-hybridized carbons (Fsp3) is 0.333. The predicted octanol–water partition coefficient (Wildman–Crippen LogP) is 2.40. The SMILES string of the molecule is CC(C)(C)OC(=O)NNCc1ccc(-n2cccn2)cc1. The minimum Gasteiger partial charge on any atom is -0.443 e. The number of carbonyl (C=O) groups is 1. The van der Waals surface area contributed by atoms with Crippen LogP contribution in [0.4, 0.5) is 4.79 Å². The summed E-state index contributed by atoms with van der Waals surface area (Å²) in [6.45, 7) is 5.97. The maximum Gasteiger partial charge on any atom is 0.422 e. The Labute approximate surface area is 124 Å². The first kappa shape index (κ1) is 15.1. The minimum absolute atomic E-state index is 0.490. The van der Waals surface area contributed by atoms with Crippen LogP contribution in [0.1, 0.15) is 26.3 Å². The lowest BCUT2D eigenvalue weighted by molar-refractivity contribution is 0.0497. The summed E-state index contributed by atoms with van der Waals surface area (Å²) in [6.07, 6.45) is 3.13. The average Bonchev–Trinajstić information content (AvgIpc) is 2.91. The molecule has 0 saturated carbocycles. The number of ether oxygens (including phenoxy) is 1. The van der Waals surface area contributed by atoms with Crippen LogP contribution in [0.3, 0.4) is 0 Å². The molecule has 0 unspecified atom stereocenters. The molecular formula is C15H20N4O2. The molecule has 0 aliphatic carbocycles. The number of nitrogens with one attached hydrogen (secondary N) is 2. The molecule has 21 heavy (non-hydrogen) atoms. The minimum atomic E-state index is -0.503. The van der Waals surface area contributed by atoms with Gasteiger partial charge in [0.05, 0.1) is 5.69 Å².